The van der Waals surface area contributed by atoms with E-state index in [0.29, 0.717) is 29.1 Å². The van der Waals surface area contributed by atoms with Crippen LogP contribution in [0, 0.1) is 5.92 Å². The molecule has 6 heteroatoms. The third kappa shape index (κ3) is 3.51. The molecule has 0 fully saturated rings. The van der Waals surface area contributed by atoms with E-state index in [2.05, 4.69) is 24.2 Å². The molecule has 1 aromatic heterocycles. The Kier molecular flexibility index (Phi) is 5.02. The fourth-order valence-electron chi connectivity index (χ4n) is 2.08. The van der Waals surface area contributed by atoms with Gasteiger partial charge in [-0.15, -0.1) is 5.10 Å². The Labute approximate surface area is 128 Å². The van der Waals surface area contributed by atoms with Crippen LogP contribution in [0.25, 0.3) is 0 Å². The van der Waals surface area contributed by atoms with Gasteiger partial charge < -0.3 is 5.73 Å². The molecular formula is C14H18Cl2N4. The van der Waals surface area contributed by atoms with E-state index in [0.717, 1.165) is 23.4 Å². The molecule has 0 radical (unpaired) electrons. The molecular weight excluding hydrogens is 295 g/mol. The molecule has 0 saturated heterocycles. The SMILES string of the molecule is CC(C)Cc1c(CN)nnn1Cc1ccc(Cl)cc1Cl. The highest BCUT2D eigenvalue weighted by atomic mass is 35.5. The summed E-state index contributed by atoms with van der Waals surface area (Å²) in [4.78, 5) is 0. The van der Waals surface area contributed by atoms with Crippen LogP contribution in [0.5, 0.6) is 0 Å². The number of hydrogen-bond donors (Lipinski definition) is 1. The van der Waals surface area contributed by atoms with Gasteiger partial charge in [0.15, 0.2) is 0 Å². The van der Waals surface area contributed by atoms with Crippen LogP contribution in [0.15, 0.2) is 18.2 Å². The van der Waals surface area contributed by atoms with E-state index >= 15 is 0 Å². The van der Waals surface area contributed by atoms with Crippen LogP contribution in [0.3, 0.4) is 0 Å². The maximum atomic E-state index is 6.21. The lowest BCUT2D eigenvalue weighted by molar-refractivity contribution is 0.563. The first-order valence-corrected chi connectivity index (χ1v) is 7.32. The van der Waals surface area contributed by atoms with Crippen molar-refractivity contribution in [3.05, 3.63) is 45.2 Å². The van der Waals surface area contributed by atoms with Crippen molar-refractivity contribution in [3.63, 3.8) is 0 Å². The summed E-state index contributed by atoms with van der Waals surface area (Å²) < 4.78 is 1.87. The Morgan fingerprint density at radius 3 is 2.65 bits per heavy atom. The van der Waals surface area contributed by atoms with E-state index in [1.165, 1.54) is 0 Å². The van der Waals surface area contributed by atoms with Crippen molar-refractivity contribution in [1.82, 2.24) is 15.0 Å². The molecule has 0 aliphatic heterocycles. The summed E-state index contributed by atoms with van der Waals surface area (Å²) in [5, 5.41) is 9.61. The molecule has 108 valence electrons. The average Bonchev–Trinajstić information content (AvgIpc) is 2.74. The minimum atomic E-state index is 0.399. The quantitative estimate of drug-likeness (QED) is 0.921. The molecule has 2 rings (SSSR count). The fourth-order valence-corrected chi connectivity index (χ4v) is 2.54. The summed E-state index contributed by atoms with van der Waals surface area (Å²) in [7, 11) is 0. The van der Waals surface area contributed by atoms with Crippen molar-refractivity contribution in [3.8, 4) is 0 Å². The van der Waals surface area contributed by atoms with Gasteiger partial charge in [0.1, 0.15) is 0 Å². The molecule has 1 heterocycles. The lowest BCUT2D eigenvalue weighted by atomic mass is 10.1. The minimum Gasteiger partial charge on any atom is -0.325 e. The van der Waals surface area contributed by atoms with Crippen molar-refractivity contribution in [2.75, 3.05) is 0 Å². The highest BCUT2D eigenvalue weighted by Gasteiger charge is 2.14. The van der Waals surface area contributed by atoms with Crippen LogP contribution in [0.1, 0.15) is 30.8 Å². The van der Waals surface area contributed by atoms with E-state index in [4.69, 9.17) is 28.9 Å². The summed E-state index contributed by atoms with van der Waals surface area (Å²) in [6, 6.07) is 5.47. The van der Waals surface area contributed by atoms with Crippen molar-refractivity contribution in [2.24, 2.45) is 11.7 Å². The normalized spacial score (nSPS) is 11.3. The Hall–Kier alpha value is -1.10. The van der Waals surface area contributed by atoms with Gasteiger partial charge in [-0.25, -0.2) is 4.68 Å². The first-order valence-electron chi connectivity index (χ1n) is 6.56. The first-order chi connectivity index (χ1) is 9.51. The average molecular weight is 313 g/mol. The molecule has 0 aliphatic carbocycles. The van der Waals surface area contributed by atoms with Crippen LogP contribution in [-0.4, -0.2) is 15.0 Å². The molecule has 2 aromatic rings. The predicted octanol–water partition coefficient (Wildman–Crippen LogP) is 3.29. The third-order valence-electron chi connectivity index (χ3n) is 3.05. The topological polar surface area (TPSA) is 56.7 Å². The van der Waals surface area contributed by atoms with E-state index in [1.54, 1.807) is 6.07 Å². The van der Waals surface area contributed by atoms with E-state index in [9.17, 15) is 0 Å². The molecule has 2 N–H and O–H groups in total. The number of aromatic nitrogens is 3. The van der Waals surface area contributed by atoms with Gasteiger partial charge in [-0.2, -0.15) is 0 Å². The molecule has 0 atom stereocenters. The summed E-state index contributed by atoms with van der Waals surface area (Å²) in [6.45, 7) is 5.29. The van der Waals surface area contributed by atoms with Gasteiger partial charge in [0, 0.05) is 16.6 Å². The second kappa shape index (κ2) is 6.57. The molecule has 0 spiro atoms. The van der Waals surface area contributed by atoms with Gasteiger partial charge in [-0.1, -0.05) is 48.3 Å². The molecule has 20 heavy (non-hydrogen) atoms. The number of rotatable bonds is 5. The van der Waals surface area contributed by atoms with Crippen LogP contribution >= 0.6 is 23.2 Å². The number of hydrogen-bond acceptors (Lipinski definition) is 3. The van der Waals surface area contributed by atoms with Crippen molar-refractivity contribution in [2.45, 2.75) is 33.4 Å². The highest BCUT2D eigenvalue weighted by Crippen LogP contribution is 2.22. The van der Waals surface area contributed by atoms with Gasteiger partial charge in [0.2, 0.25) is 0 Å². The molecule has 0 aliphatic rings. The fraction of sp³-hybridized carbons (Fsp3) is 0.429. The van der Waals surface area contributed by atoms with Crippen LogP contribution in [0.2, 0.25) is 10.0 Å². The summed E-state index contributed by atoms with van der Waals surface area (Å²) in [5.41, 5.74) is 8.62. The first kappa shape index (κ1) is 15.3. The maximum Gasteiger partial charge on any atom is 0.0994 e. The van der Waals surface area contributed by atoms with Gasteiger partial charge in [0.05, 0.1) is 17.9 Å². The van der Waals surface area contributed by atoms with Crippen LogP contribution < -0.4 is 5.73 Å². The third-order valence-corrected chi connectivity index (χ3v) is 3.64. The van der Waals surface area contributed by atoms with Gasteiger partial charge in [-0.05, 0) is 30.0 Å². The standard InChI is InChI=1S/C14H18Cl2N4/c1-9(2)5-14-13(7-17)18-19-20(14)8-10-3-4-11(15)6-12(10)16/h3-4,6,9H,5,7-8,17H2,1-2H3. The number of nitrogens with zero attached hydrogens (tertiary/aromatic N) is 3. The minimum absolute atomic E-state index is 0.399. The number of halogens is 2. The Morgan fingerprint density at radius 2 is 2.05 bits per heavy atom. The van der Waals surface area contributed by atoms with E-state index in [1.807, 2.05) is 16.8 Å². The zero-order valence-electron chi connectivity index (χ0n) is 11.6. The molecule has 0 unspecified atom stereocenters. The van der Waals surface area contributed by atoms with Crippen molar-refractivity contribution < 1.29 is 0 Å². The molecule has 0 amide bonds. The van der Waals surface area contributed by atoms with E-state index < -0.39 is 0 Å². The zero-order valence-corrected chi connectivity index (χ0v) is 13.1. The number of benzene rings is 1. The lowest BCUT2D eigenvalue weighted by Crippen LogP contribution is -2.11. The van der Waals surface area contributed by atoms with Gasteiger partial charge in [-0.3, -0.25) is 0 Å². The molecule has 0 bridgehead atoms. The van der Waals surface area contributed by atoms with Crippen molar-refractivity contribution in [1.29, 1.82) is 0 Å². The molecule has 0 saturated carbocycles. The monoisotopic (exact) mass is 312 g/mol. The molecule has 4 nitrogen and oxygen atoms in total. The van der Waals surface area contributed by atoms with E-state index in [-0.39, 0.29) is 0 Å². The summed E-state index contributed by atoms with van der Waals surface area (Å²) in [5.74, 6) is 0.512. The largest absolute Gasteiger partial charge is 0.325 e. The van der Waals surface area contributed by atoms with Crippen molar-refractivity contribution >= 4 is 23.2 Å². The Balaban J connectivity index is 2.30. The zero-order chi connectivity index (χ0) is 14.7. The van der Waals surface area contributed by atoms with Gasteiger partial charge >= 0.3 is 0 Å². The number of nitrogens with two attached hydrogens (primary N) is 1. The summed E-state index contributed by atoms with van der Waals surface area (Å²) >= 11 is 12.1. The summed E-state index contributed by atoms with van der Waals surface area (Å²) in [6.07, 6.45) is 0.894. The maximum absolute atomic E-state index is 6.21. The second-order valence-electron chi connectivity index (χ2n) is 5.18. The highest BCUT2D eigenvalue weighted by molar-refractivity contribution is 6.35. The van der Waals surface area contributed by atoms with Crippen LogP contribution in [0.4, 0.5) is 0 Å². The lowest BCUT2D eigenvalue weighted by Gasteiger charge is -2.11. The smallest absolute Gasteiger partial charge is 0.0994 e. The Morgan fingerprint density at radius 1 is 1.30 bits per heavy atom. The Bertz CT molecular complexity index is 593. The molecule has 1 aromatic carbocycles. The van der Waals surface area contributed by atoms with Gasteiger partial charge in [0.25, 0.3) is 0 Å². The predicted molar refractivity (Wildman–Crippen MR) is 82.0 cm³/mol. The second-order valence-corrected chi connectivity index (χ2v) is 6.02. The van der Waals surface area contributed by atoms with Crippen LogP contribution in [-0.2, 0) is 19.5 Å².